The predicted octanol–water partition coefficient (Wildman–Crippen LogP) is 1.40. The lowest BCUT2D eigenvalue weighted by molar-refractivity contribution is 0.354. The molecule has 0 amide bonds. The van der Waals surface area contributed by atoms with Crippen LogP contribution in [0.2, 0.25) is 0 Å². The summed E-state index contributed by atoms with van der Waals surface area (Å²) in [4.78, 5) is 0. The molecular weight excluding hydrogens is 99.0 g/mol. The summed E-state index contributed by atoms with van der Waals surface area (Å²) in [5.74, 6) is 0. The minimum atomic E-state index is -1.35. The van der Waals surface area contributed by atoms with Crippen LogP contribution in [0.5, 0.6) is 0 Å². The average Bonchev–Trinajstić information content (AvgIpc) is 1.35. The van der Waals surface area contributed by atoms with E-state index in [0.717, 1.165) is 0 Å². The summed E-state index contributed by atoms with van der Waals surface area (Å²) < 4.78 is 14.5. The van der Waals surface area contributed by atoms with Crippen molar-refractivity contribution in [2.75, 3.05) is 13.3 Å². The Morgan fingerprint density at radius 2 is 2.33 bits per heavy atom. The average molecular weight is 107 g/mol. The normalized spacial score (nSPS) is 11.3. The van der Waals surface area contributed by atoms with Crippen LogP contribution in [0.25, 0.3) is 0 Å². The second-order valence-corrected chi connectivity index (χ2v) is 2.00. The van der Waals surface area contributed by atoms with Crippen molar-refractivity contribution < 1.29 is 9.09 Å². The lowest BCUT2D eigenvalue weighted by Crippen LogP contribution is -1.72. The highest BCUT2D eigenvalue weighted by Crippen LogP contribution is 2.12. The minimum absolute atomic E-state index is 0.547. The lowest BCUT2D eigenvalue weighted by Gasteiger charge is -1.70. The van der Waals surface area contributed by atoms with Gasteiger partial charge in [-0.05, 0) is 11.5 Å². The van der Waals surface area contributed by atoms with Crippen LogP contribution in [0.15, 0.2) is 0 Å². The lowest BCUT2D eigenvalue weighted by atomic mass is 10.9. The Morgan fingerprint density at radius 1 is 1.83 bits per heavy atom. The van der Waals surface area contributed by atoms with Gasteiger partial charge in [0.2, 0.25) is 0 Å². The Hall–Kier alpha value is 0.0600. The predicted molar refractivity (Wildman–Crippen MR) is 25.2 cm³/mol. The van der Waals surface area contributed by atoms with E-state index in [1.54, 1.807) is 6.66 Å². The van der Waals surface area contributed by atoms with Crippen LogP contribution < -0.4 is 0 Å². The van der Waals surface area contributed by atoms with E-state index in [1.165, 1.54) is 0 Å². The molecule has 0 aliphatic heterocycles. The van der Waals surface area contributed by atoms with E-state index in [-0.39, 0.29) is 0 Å². The molecule has 0 rings (SSSR count). The molecule has 0 aliphatic rings. The van der Waals surface area contributed by atoms with Crippen LogP contribution in [0.4, 0.5) is 0 Å². The molecule has 1 unspecified atom stereocenters. The largest absolute Gasteiger partial charge is 0.504 e. The van der Waals surface area contributed by atoms with Crippen LogP contribution in [-0.2, 0) is 9.09 Å². The van der Waals surface area contributed by atoms with Gasteiger partial charge in [-0.3, -0.25) is 0 Å². The summed E-state index contributed by atoms with van der Waals surface area (Å²) in [5.41, 5.74) is 0. The number of rotatable bonds is 2. The fourth-order valence-corrected chi connectivity index (χ4v) is 0.545. The molecule has 2 nitrogen and oxygen atoms in total. The molecule has 6 heavy (non-hydrogen) atoms. The third kappa shape index (κ3) is 4.06. The van der Waals surface area contributed by atoms with E-state index in [4.69, 9.17) is 0 Å². The minimum Gasteiger partial charge on any atom is -0.147 e. The van der Waals surface area contributed by atoms with Gasteiger partial charge in [-0.2, -0.15) is 0 Å². The van der Waals surface area contributed by atoms with Gasteiger partial charge in [-0.25, -0.2) is 0 Å². The van der Waals surface area contributed by atoms with Gasteiger partial charge in [0.1, 0.15) is 0 Å². The van der Waals surface area contributed by atoms with E-state index in [1.807, 2.05) is 6.92 Å². The maximum Gasteiger partial charge on any atom is 0.504 e. The molecule has 0 heterocycles. The Kier molecular flexibility index (Phi) is 3.29. The second-order valence-electron chi connectivity index (χ2n) is 0.857. The van der Waals surface area contributed by atoms with Crippen molar-refractivity contribution in [3.05, 3.63) is 0 Å². The first-order chi connectivity index (χ1) is 2.77. The summed E-state index contributed by atoms with van der Waals surface area (Å²) >= 11 is 0. The van der Waals surface area contributed by atoms with Gasteiger partial charge in [0, 0.05) is 0 Å². The number of hydrogen-bond donors (Lipinski definition) is 0. The van der Waals surface area contributed by atoms with Crippen molar-refractivity contribution in [2.24, 2.45) is 0 Å². The van der Waals surface area contributed by atoms with Crippen LogP contribution in [-0.4, -0.2) is 13.3 Å². The topological polar surface area (TPSA) is 26.3 Å². The van der Waals surface area contributed by atoms with Crippen molar-refractivity contribution in [1.29, 1.82) is 0 Å². The van der Waals surface area contributed by atoms with Gasteiger partial charge < -0.3 is 0 Å². The highest BCUT2D eigenvalue weighted by Gasteiger charge is 2.00. The van der Waals surface area contributed by atoms with Crippen molar-refractivity contribution in [3.8, 4) is 0 Å². The highest BCUT2D eigenvalue weighted by molar-refractivity contribution is 7.38. The molecule has 0 radical (unpaired) electrons. The molecule has 0 aromatic carbocycles. The molecule has 36 valence electrons. The fourth-order valence-electron chi connectivity index (χ4n) is 0.182. The van der Waals surface area contributed by atoms with Crippen LogP contribution in [0, 0.1) is 0 Å². The first kappa shape index (κ1) is 6.06. The van der Waals surface area contributed by atoms with Crippen LogP contribution in [0.1, 0.15) is 6.92 Å². The standard InChI is InChI=1S/C3H8O2P/c1-3-5-6(2)4/h3H2,1-2H3/q+1. The number of hydrogen-bond acceptors (Lipinski definition) is 2. The van der Waals surface area contributed by atoms with Gasteiger partial charge >= 0.3 is 8.03 Å². The summed E-state index contributed by atoms with van der Waals surface area (Å²) in [5, 5.41) is 0. The molecular formula is C3H8O2P+. The Balaban J connectivity index is 2.83. The monoisotopic (exact) mass is 107 g/mol. The maximum absolute atomic E-state index is 9.97. The molecule has 3 heteroatoms. The summed E-state index contributed by atoms with van der Waals surface area (Å²) in [6, 6.07) is 0. The third-order valence-electron chi connectivity index (χ3n) is 0.311. The van der Waals surface area contributed by atoms with Crippen molar-refractivity contribution in [1.82, 2.24) is 0 Å². The van der Waals surface area contributed by atoms with E-state index in [0.29, 0.717) is 6.61 Å². The molecule has 0 saturated carbocycles. The second kappa shape index (κ2) is 3.26. The Bertz CT molecular complexity index is 52.8. The maximum atomic E-state index is 9.97. The van der Waals surface area contributed by atoms with E-state index >= 15 is 0 Å². The van der Waals surface area contributed by atoms with Crippen molar-refractivity contribution in [3.63, 3.8) is 0 Å². The Morgan fingerprint density at radius 3 is 2.33 bits per heavy atom. The van der Waals surface area contributed by atoms with Gasteiger partial charge in [0.15, 0.2) is 6.66 Å². The van der Waals surface area contributed by atoms with Gasteiger partial charge in [0.25, 0.3) is 0 Å². The van der Waals surface area contributed by atoms with Crippen molar-refractivity contribution >= 4 is 8.03 Å². The smallest absolute Gasteiger partial charge is 0.147 e. The fraction of sp³-hybridized carbons (Fsp3) is 1.00. The molecule has 0 bridgehead atoms. The molecule has 0 aromatic rings. The summed E-state index contributed by atoms with van der Waals surface area (Å²) in [7, 11) is -1.35. The SMILES string of the molecule is CCO[P+](C)=O. The van der Waals surface area contributed by atoms with E-state index in [2.05, 4.69) is 4.52 Å². The first-order valence-corrected chi connectivity index (χ1v) is 3.43. The van der Waals surface area contributed by atoms with E-state index in [9.17, 15) is 4.57 Å². The van der Waals surface area contributed by atoms with Gasteiger partial charge in [-0.1, -0.05) is 0 Å². The van der Waals surface area contributed by atoms with Gasteiger partial charge in [0.05, 0.1) is 6.61 Å². The van der Waals surface area contributed by atoms with Crippen LogP contribution >= 0.6 is 8.03 Å². The summed E-state index contributed by atoms with van der Waals surface area (Å²) in [6.07, 6.45) is 0. The zero-order valence-corrected chi connectivity index (χ0v) is 4.87. The van der Waals surface area contributed by atoms with Crippen molar-refractivity contribution in [2.45, 2.75) is 6.92 Å². The molecule has 0 spiro atoms. The molecule has 1 atom stereocenters. The molecule has 0 fully saturated rings. The third-order valence-corrected chi connectivity index (χ3v) is 0.933. The molecule has 0 aliphatic carbocycles. The van der Waals surface area contributed by atoms with Gasteiger partial charge in [-0.15, -0.1) is 4.52 Å². The molecule has 0 saturated heterocycles. The zero-order valence-electron chi connectivity index (χ0n) is 3.97. The zero-order chi connectivity index (χ0) is 4.99. The highest BCUT2D eigenvalue weighted by atomic mass is 31.1. The van der Waals surface area contributed by atoms with Crippen LogP contribution in [0.3, 0.4) is 0 Å². The Labute approximate surface area is 38.4 Å². The van der Waals surface area contributed by atoms with E-state index < -0.39 is 8.03 Å². The molecule has 0 aromatic heterocycles. The quantitative estimate of drug-likeness (QED) is 0.498. The first-order valence-electron chi connectivity index (χ1n) is 1.81. The summed E-state index contributed by atoms with van der Waals surface area (Å²) in [6.45, 7) is 3.90. The molecule has 0 N–H and O–H groups in total.